The van der Waals surface area contributed by atoms with E-state index in [9.17, 15) is 4.79 Å². The molecule has 2 nitrogen and oxygen atoms in total. The molecule has 4 heteroatoms. The number of carbonyl (C=O) groups is 1. The number of thiophene rings is 1. The quantitative estimate of drug-likeness (QED) is 0.907. The number of halogens is 1. The molecular formula is C14H14ClNOS. The molecule has 1 atom stereocenters. The Balaban J connectivity index is 1.95. The average Bonchev–Trinajstić information content (AvgIpc) is 2.81. The summed E-state index contributed by atoms with van der Waals surface area (Å²) >= 11 is 7.57. The predicted molar refractivity (Wildman–Crippen MR) is 76.4 cm³/mol. The molecule has 0 spiro atoms. The molecule has 0 bridgehead atoms. The second kappa shape index (κ2) is 6.03. The number of amides is 1. The van der Waals surface area contributed by atoms with Crippen LogP contribution in [-0.2, 0) is 6.42 Å². The summed E-state index contributed by atoms with van der Waals surface area (Å²) in [7, 11) is 0. The van der Waals surface area contributed by atoms with E-state index in [4.69, 9.17) is 11.6 Å². The van der Waals surface area contributed by atoms with Gasteiger partial charge in [0, 0.05) is 27.9 Å². The number of carbonyl (C=O) groups excluding carboxylic acids is 1. The van der Waals surface area contributed by atoms with E-state index in [2.05, 4.69) is 11.4 Å². The van der Waals surface area contributed by atoms with E-state index in [1.54, 1.807) is 35.6 Å². The molecule has 1 N–H and O–H groups in total. The molecule has 1 amide bonds. The van der Waals surface area contributed by atoms with E-state index < -0.39 is 0 Å². The van der Waals surface area contributed by atoms with Crippen molar-refractivity contribution < 1.29 is 4.79 Å². The highest BCUT2D eigenvalue weighted by atomic mass is 35.5. The van der Waals surface area contributed by atoms with Gasteiger partial charge in [-0.05, 0) is 36.6 Å². The summed E-state index contributed by atoms with van der Waals surface area (Å²) in [6, 6.07) is 11.2. The third-order valence-corrected chi connectivity index (χ3v) is 3.69. The minimum Gasteiger partial charge on any atom is -0.349 e. The van der Waals surface area contributed by atoms with Crippen molar-refractivity contribution in [2.24, 2.45) is 0 Å². The second-order valence-corrected chi connectivity index (χ2v) is 5.64. The number of hydrogen-bond donors (Lipinski definition) is 1. The number of benzene rings is 1. The highest BCUT2D eigenvalue weighted by molar-refractivity contribution is 7.09. The Labute approximate surface area is 116 Å². The van der Waals surface area contributed by atoms with Crippen molar-refractivity contribution in [2.75, 3.05) is 0 Å². The van der Waals surface area contributed by atoms with Gasteiger partial charge in [-0.2, -0.15) is 0 Å². The van der Waals surface area contributed by atoms with Crippen LogP contribution in [0.1, 0.15) is 22.2 Å². The molecule has 0 saturated heterocycles. The highest BCUT2D eigenvalue weighted by Gasteiger charge is 2.10. The normalized spacial score (nSPS) is 12.1. The van der Waals surface area contributed by atoms with E-state index >= 15 is 0 Å². The molecule has 0 unspecified atom stereocenters. The van der Waals surface area contributed by atoms with Crippen LogP contribution in [0.2, 0.25) is 5.02 Å². The Hall–Kier alpha value is -1.32. The monoisotopic (exact) mass is 279 g/mol. The molecule has 1 aromatic heterocycles. The first-order valence-corrected chi connectivity index (χ1v) is 7.00. The van der Waals surface area contributed by atoms with E-state index in [1.807, 2.05) is 18.4 Å². The van der Waals surface area contributed by atoms with Gasteiger partial charge in [0.2, 0.25) is 0 Å². The van der Waals surface area contributed by atoms with Gasteiger partial charge in [-0.15, -0.1) is 11.3 Å². The summed E-state index contributed by atoms with van der Waals surface area (Å²) in [6.07, 6.45) is 0.851. The van der Waals surface area contributed by atoms with Gasteiger partial charge in [0.25, 0.3) is 5.91 Å². The Bertz CT molecular complexity index is 524. The van der Waals surface area contributed by atoms with Crippen LogP contribution in [0.4, 0.5) is 0 Å². The molecule has 0 aliphatic heterocycles. The fraction of sp³-hybridized carbons (Fsp3) is 0.214. The molecule has 2 rings (SSSR count). The maximum atomic E-state index is 12.0. The fourth-order valence-corrected chi connectivity index (χ4v) is 2.74. The zero-order chi connectivity index (χ0) is 13.0. The maximum absolute atomic E-state index is 12.0. The lowest BCUT2D eigenvalue weighted by Crippen LogP contribution is -2.33. The van der Waals surface area contributed by atoms with Gasteiger partial charge in [0.05, 0.1) is 0 Å². The zero-order valence-electron chi connectivity index (χ0n) is 10.0. The van der Waals surface area contributed by atoms with Crippen molar-refractivity contribution in [1.82, 2.24) is 5.32 Å². The van der Waals surface area contributed by atoms with Crippen molar-refractivity contribution in [2.45, 2.75) is 19.4 Å². The van der Waals surface area contributed by atoms with E-state index in [0.717, 1.165) is 6.42 Å². The fourth-order valence-electron chi connectivity index (χ4n) is 1.72. The third-order valence-electron chi connectivity index (χ3n) is 2.55. The summed E-state index contributed by atoms with van der Waals surface area (Å²) in [5.74, 6) is -0.0819. The standard InChI is InChI=1S/C14H14ClNOS/c1-10(8-13-6-3-7-18-13)16-14(17)11-4-2-5-12(15)9-11/h2-7,9-10H,8H2,1H3,(H,16,17)/t10-/m0/s1. The Kier molecular flexibility index (Phi) is 4.39. The zero-order valence-corrected chi connectivity index (χ0v) is 11.6. The molecular weight excluding hydrogens is 266 g/mol. The van der Waals surface area contributed by atoms with Gasteiger partial charge >= 0.3 is 0 Å². The summed E-state index contributed by atoms with van der Waals surface area (Å²) in [5.41, 5.74) is 0.598. The van der Waals surface area contributed by atoms with Gasteiger partial charge in [0.15, 0.2) is 0 Å². The van der Waals surface area contributed by atoms with Crippen LogP contribution in [0.5, 0.6) is 0 Å². The van der Waals surface area contributed by atoms with Crippen molar-refractivity contribution in [1.29, 1.82) is 0 Å². The highest BCUT2D eigenvalue weighted by Crippen LogP contribution is 2.13. The first kappa shape index (κ1) is 13.1. The molecule has 0 aliphatic rings. The average molecular weight is 280 g/mol. The van der Waals surface area contributed by atoms with Crippen LogP contribution in [0, 0.1) is 0 Å². The van der Waals surface area contributed by atoms with Crippen LogP contribution in [0.3, 0.4) is 0 Å². The lowest BCUT2D eigenvalue weighted by Gasteiger charge is -2.13. The van der Waals surface area contributed by atoms with E-state index in [1.165, 1.54) is 4.88 Å². The molecule has 1 aromatic carbocycles. The molecule has 0 fully saturated rings. The molecule has 18 heavy (non-hydrogen) atoms. The first-order chi connectivity index (χ1) is 8.65. The smallest absolute Gasteiger partial charge is 0.251 e. The maximum Gasteiger partial charge on any atom is 0.251 e. The van der Waals surface area contributed by atoms with Gasteiger partial charge < -0.3 is 5.32 Å². The molecule has 1 heterocycles. The largest absolute Gasteiger partial charge is 0.349 e. The lowest BCUT2D eigenvalue weighted by molar-refractivity contribution is 0.0940. The summed E-state index contributed by atoms with van der Waals surface area (Å²) in [4.78, 5) is 13.2. The third kappa shape index (κ3) is 3.59. The van der Waals surface area contributed by atoms with Crippen LogP contribution >= 0.6 is 22.9 Å². The number of nitrogens with one attached hydrogen (secondary N) is 1. The van der Waals surface area contributed by atoms with Crippen LogP contribution < -0.4 is 5.32 Å². The van der Waals surface area contributed by atoms with Crippen LogP contribution in [0.15, 0.2) is 41.8 Å². The van der Waals surface area contributed by atoms with Gasteiger partial charge in [-0.1, -0.05) is 23.7 Å². The summed E-state index contributed by atoms with van der Waals surface area (Å²) < 4.78 is 0. The number of rotatable bonds is 4. The topological polar surface area (TPSA) is 29.1 Å². The van der Waals surface area contributed by atoms with Crippen molar-refractivity contribution in [3.8, 4) is 0 Å². The van der Waals surface area contributed by atoms with Gasteiger partial charge in [0.1, 0.15) is 0 Å². The predicted octanol–water partition coefficient (Wildman–Crippen LogP) is 3.76. The minimum absolute atomic E-state index is 0.0819. The summed E-state index contributed by atoms with van der Waals surface area (Å²) in [6.45, 7) is 2.00. The van der Waals surface area contributed by atoms with Gasteiger partial charge in [-0.3, -0.25) is 4.79 Å². The number of hydrogen-bond acceptors (Lipinski definition) is 2. The molecule has 0 aliphatic carbocycles. The van der Waals surface area contributed by atoms with E-state index in [-0.39, 0.29) is 11.9 Å². The summed E-state index contributed by atoms with van der Waals surface area (Å²) in [5, 5.41) is 5.59. The molecule has 0 radical (unpaired) electrons. The minimum atomic E-state index is -0.0819. The van der Waals surface area contributed by atoms with Crippen molar-refractivity contribution in [3.05, 3.63) is 57.2 Å². The van der Waals surface area contributed by atoms with E-state index in [0.29, 0.717) is 10.6 Å². The molecule has 2 aromatic rings. The van der Waals surface area contributed by atoms with Crippen LogP contribution in [0.25, 0.3) is 0 Å². The van der Waals surface area contributed by atoms with Crippen molar-refractivity contribution in [3.63, 3.8) is 0 Å². The van der Waals surface area contributed by atoms with Crippen molar-refractivity contribution >= 4 is 28.8 Å². The lowest BCUT2D eigenvalue weighted by atomic mass is 10.1. The van der Waals surface area contributed by atoms with Crippen LogP contribution in [-0.4, -0.2) is 11.9 Å². The first-order valence-electron chi connectivity index (χ1n) is 5.74. The SMILES string of the molecule is C[C@@H](Cc1cccs1)NC(=O)c1cccc(Cl)c1. The molecule has 0 saturated carbocycles. The Morgan fingerprint density at radius 1 is 1.39 bits per heavy atom. The Morgan fingerprint density at radius 3 is 2.89 bits per heavy atom. The molecule has 94 valence electrons. The Morgan fingerprint density at radius 2 is 2.22 bits per heavy atom. The second-order valence-electron chi connectivity index (χ2n) is 4.17. The van der Waals surface area contributed by atoms with Gasteiger partial charge in [-0.25, -0.2) is 0 Å².